The van der Waals surface area contributed by atoms with E-state index >= 15 is 0 Å². The number of pyridine rings is 1. The molecule has 0 aliphatic carbocycles. The van der Waals surface area contributed by atoms with Crippen LogP contribution in [0, 0.1) is 12.9 Å². The van der Waals surface area contributed by atoms with Gasteiger partial charge in [-0.2, -0.15) is 0 Å². The Morgan fingerprint density at radius 2 is 1.21 bits per heavy atom. The fourth-order valence-corrected chi connectivity index (χ4v) is 9.27. The summed E-state index contributed by atoms with van der Waals surface area (Å²) in [5.41, 5.74) is 13.8. The van der Waals surface area contributed by atoms with Gasteiger partial charge in [-0.05, 0) is 121 Å². The number of aryl methyl sites for hydroxylation is 1. The van der Waals surface area contributed by atoms with E-state index in [-0.39, 0.29) is 43.2 Å². The smallest absolute Gasteiger partial charge is 0.148 e. The number of para-hydroxylation sites is 1. The molecule has 0 amide bonds. The van der Waals surface area contributed by atoms with Gasteiger partial charge < -0.3 is 5.11 Å². The second-order valence-electron chi connectivity index (χ2n) is 21.4. The molecular formula is C66H68N3OPt-. The Balaban J connectivity index is 0.00000784. The Morgan fingerprint density at radius 1 is 0.563 bits per heavy atom. The number of rotatable bonds is 10. The van der Waals surface area contributed by atoms with Crippen LogP contribution in [0.1, 0.15) is 142 Å². The van der Waals surface area contributed by atoms with Crippen LogP contribution in [0.3, 0.4) is 0 Å². The zero-order chi connectivity index (χ0) is 55.1. The Kier molecular flexibility index (Phi) is 12.3. The molecule has 0 bridgehead atoms. The minimum Gasteiger partial charge on any atom is -0.507 e. The Bertz CT molecular complexity index is 3640. The fourth-order valence-electron chi connectivity index (χ4n) is 9.27. The fraction of sp³-hybridized carbons (Fsp3) is 0.273. The number of fused-ring (bicyclic) bond motifs is 1. The first-order chi connectivity index (χ1) is 35.4. The predicted octanol–water partition coefficient (Wildman–Crippen LogP) is 18.2. The van der Waals surface area contributed by atoms with E-state index in [0.717, 1.165) is 61.3 Å². The monoisotopic (exact) mass is 1120 g/mol. The first-order valence-corrected chi connectivity index (χ1v) is 24.3. The van der Waals surface area contributed by atoms with Crippen LogP contribution in [-0.2, 0) is 31.9 Å². The molecular weight excluding hydrogens is 1050 g/mol. The third-order valence-corrected chi connectivity index (χ3v) is 13.5. The number of phenols is 1. The van der Waals surface area contributed by atoms with Gasteiger partial charge in [-0.3, -0.25) is 9.55 Å². The van der Waals surface area contributed by atoms with Crippen molar-refractivity contribution in [2.75, 3.05) is 0 Å². The SMILES string of the molecule is [2H]C([2H])([2H])c1cc(-c2ccc(C(C)(C)C)cc2)c(-n2c(-c3cc(C([2H])(C)C)cc(C([2H])(C)C)c3O)nc3c(-c4[c-]c(-c5cc(-c6ccc(C([2H])(C)C)cc6)ccn5)cc(C(C)(C)C)c4)cccc32)cc1-c1ccccc1.[Pt]. The van der Waals surface area contributed by atoms with E-state index < -0.39 is 24.5 Å². The van der Waals surface area contributed by atoms with E-state index in [1.54, 1.807) is 39.8 Å². The Labute approximate surface area is 446 Å². The van der Waals surface area contributed by atoms with Crippen LogP contribution >= 0.6 is 0 Å². The normalized spacial score (nSPS) is 13.9. The molecule has 5 heteroatoms. The molecule has 0 atom stereocenters. The van der Waals surface area contributed by atoms with Gasteiger partial charge in [0.1, 0.15) is 11.6 Å². The summed E-state index contributed by atoms with van der Waals surface area (Å²) in [6, 6.07) is 51.4. The number of aromatic nitrogens is 3. The van der Waals surface area contributed by atoms with Gasteiger partial charge in [-0.25, -0.2) is 4.98 Å². The van der Waals surface area contributed by atoms with Crippen LogP contribution in [0.25, 0.3) is 83.9 Å². The number of hydrogen-bond donors (Lipinski definition) is 1. The standard InChI is InChI=1S/C66H68N3O.Pt/c1-40(2)44-22-24-45(25-23-44)48-30-31-67-59(38-48)51-33-50(34-53(35-51)66(11,12)13)54-20-17-21-60-62(54)68-64(58-37-49(41(3)4)36-55(42(5)6)63(58)70)69(60)61-39-56(46-18-15-14-16-19-46)43(7)32-57(61)47-26-28-52(29-27-47)65(8,9)10;/h14-32,34-42,70H,1-13H3;/q-1;/i7D3,40D,41D,42D;. The molecule has 9 aromatic rings. The van der Waals surface area contributed by atoms with Crippen LogP contribution < -0.4 is 0 Å². The molecule has 0 unspecified atom stereocenters. The average Bonchev–Trinajstić information content (AvgIpc) is 3.74. The second-order valence-corrected chi connectivity index (χ2v) is 21.4. The maximum atomic E-state index is 12.6. The minimum atomic E-state index is -2.50. The van der Waals surface area contributed by atoms with Gasteiger partial charge >= 0.3 is 0 Å². The van der Waals surface area contributed by atoms with Crippen LogP contribution in [-0.4, -0.2) is 19.6 Å². The zero-order valence-corrected chi connectivity index (χ0v) is 45.3. The van der Waals surface area contributed by atoms with Gasteiger partial charge in [-0.15, -0.1) is 29.3 Å². The first-order valence-electron chi connectivity index (χ1n) is 27.3. The molecule has 1 N–H and O–H groups in total. The molecule has 2 heterocycles. The van der Waals surface area contributed by atoms with Crippen molar-refractivity contribution in [3.8, 4) is 78.6 Å². The third kappa shape index (κ3) is 10.2. The van der Waals surface area contributed by atoms with Gasteiger partial charge in [0.2, 0.25) is 0 Å². The summed E-state index contributed by atoms with van der Waals surface area (Å²) in [6.45, 7) is 21.3. The molecule has 0 aliphatic heterocycles. The van der Waals surface area contributed by atoms with Crippen LogP contribution in [0.15, 0.2) is 152 Å². The average molecular weight is 1120 g/mol. The summed E-state index contributed by atoms with van der Waals surface area (Å²) in [5.74, 6) is -2.89. The maximum absolute atomic E-state index is 12.6. The van der Waals surface area contributed by atoms with E-state index in [0.29, 0.717) is 50.4 Å². The molecule has 0 fully saturated rings. The van der Waals surface area contributed by atoms with Crippen molar-refractivity contribution in [1.82, 2.24) is 14.5 Å². The molecule has 7 aromatic carbocycles. The Morgan fingerprint density at radius 3 is 1.85 bits per heavy atom. The van der Waals surface area contributed by atoms with E-state index in [9.17, 15) is 7.85 Å². The van der Waals surface area contributed by atoms with Gasteiger partial charge in [0.05, 0.1) is 22.3 Å². The van der Waals surface area contributed by atoms with Crippen molar-refractivity contribution in [3.05, 3.63) is 191 Å². The van der Waals surface area contributed by atoms with Crippen molar-refractivity contribution >= 4 is 11.0 Å². The number of phenolic OH excluding ortho intramolecular Hbond substituents is 1. The summed E-state index contributed by atoms with van der Waals surface area (Å²) < 4.78 is 56.1. The molecule has 0 aliphatic rings. The van der Waals surface area contributed by atoms with Gasteiger partial charge in [0.25, 0.3) is 0 Å². The summed E-state index contributed by atoms with van der Waals surface area (Å²) in [7, 11) is 0. The van der Waals surface area contributed by atoms with E-state index in [1.165, 1.54) is 0 Å². The van der Waals surface area contributed by atoms with Crippen LogP contribution in [0.5, 0.6) is 5.75 Å². The number of aromatic hydroxyl groups is 1. The topological polar surface area (TPSA) is 50.9 Å². The number of hydrogen-bond acceptors (Lipinski definition) is 3. The van der Waals surface area contributed by atoms with Gasteiger partial charge in [-0.1, -0.05) is 197 Å². The molecule has 71 heavy (non-hydrogen) atoms. The molecule has 0 saturated carbocycles. The summed E-state index contributed by atoms with van der Waals surface area (Å²) in [4.78, 5) is 10.5. The van der Waals surface area contributed by atoms with E-state index in [4.69, 9.17) is 15.5 Å². The van der Waals surface area contributed by atoms with Crippen LogP contribution in [0.2, 0.25) is 0 Å². The molecule has 2 aromatic heterocycles. The summed E-state index contributed by atoms with van der Waals surface area (Å²) >= 11 is 0. The number of benzene rings is 7. The van der Waals surface area contributed by atoms with E-state index in [1.807, 2.05) is 116 Å². The summed E-state index contributed by atoms with van der Waals surface area (Å²) in [6.07, 6.45) is 1.82. The Hall–Kier alpha value is -6.35. The van der Waals surface area contributed by atoms with Crippen molar-refractivity contribution in [2.24, 2.45) is 0 Å². The quantitative estimate of drug-likeness (QED) is 0.139. The number of nitrogens with zero attached hydrogens (tertiary/aromatic N) is 3. The van der Waals surface area contributed by atoms with E-state index in [2.05, 4.69) is 90.1 Å². The minimum absolute atomic E-state index is 0. The largest absolute Gasteiger partial charge is 0.507 e. The van der Waals surface area contributed by atoms with Crippen molar-refractivity contribution < 1.29 is 34.4 Å². The van der Waals surface area contributed by atoms with Gasteiger partial charge in [0, 0.05) is 46.7 Å². The van der Waals surface area contributed by atoms with Crippen LogP contribution in [0.4, 0.5) is 0 Å². The summed E-state index contributed by atoms with van der Waals surface area (Å²) in [5, 5.41) is 12.6. The van der Waals surface area contributed by atoms with Crippen molar-refractivity contribution in [1.29, 1.82) is 0 Å². The predicted molar refractivity (Wildman–Crippen MR) is 296 cm³/mol. The molecule has 0 spiro atoms. The zero-order valence-electron chi connectivity index (χ0n) is 49.0. The second kappa shape index (κ2) is 20.0. The van der Waals surface area contributed by atoms with Gasteiger partial charge in [0.15, 0.2) is 0 Å². The van der Waals surface area contributed by atoms with Crippen molar-refractivity contribution in [3.63, 3.8) is 0 Å². The molecule has 0 saturated heterocycles. The van der Waals surface area contributed by atoms with Crippen molar-refractivity contribution in [2.45, 2.75) is 118 Å². The first kappa shape index (κ1) is 43.4. The molecule has 364 valence electrons. The number of imidazole rings is 1. The molecule has 0 radical (unpaired) electrons. The third-order valence-electron chi connectivity index (χ3n) is 13.5. The molecule has 9 rings (SSSR count). The molecule has 4 nitrogen and oxygen atoms in total. The maximum Gasteiger partial charge on any atom is 0.148 e.